The molecule has 0 N–H and O–H groups in total. The molecule has 0 spiro atoms. The molecular formula is C19H26F3NO2. The van der Waals surface area contributed by atoms with E-state index in [1.807, 2.05) is 0 Å². The first-order valence-electron chi connectivity index (χ1n) is 8.89. The molecule has 0 saturated carbocycles. The molecule has 1 aliphatic heterocycles. The van der Waals surface area contributed by atoms with Gasteiger partial charge in [-0.1, -0.05) is 26.7 Å². The van der Waals surface area contributed by atoms with Crippen molar-refractivity contribution in [2.45, 2.75) is 65.2 Å². The molecule has 1 heterocycles. The highest BCUT2D eigenvalue weighted by Crippen LogP contribution is 2.42. The van der Waals surface area contributed by atoms with E-state index in [1.54, 1.807) is 17.0 Å². The smallest absolute Gasteiger partial charge is 0.425 e. The molecule has 1 aromatic carbocycles. The Morgan fingerprint density at radius 1 is 1.16 bits per heavy atom. The second-order valence-electron chi connectivity index (χ2n) is 6.78. The third kappa shape index (κ3) is 4.28. The number of hydrogen-bond acceptors (Lipinski definition) is 2. The second kappa shape index (κ2) is 7.67. The van der Waals surface area contributed by atoms with Crippen LogP contribution in [0, 0.1) is 5.41 Å². The van der Waals surface area contributed by atoms with E-state index in [1.165, 1.54) is 12.1 Å². The van der Waals surface area contributed by atoms with Crippen molar-refractivity contribution in [3.05, 3.63) is 24.3 Å². The number of ether oxygens (including phenoxy) is 1. The molecular weight excluding hydrogens is 331 g/mol. The van der Waals surface area contributed by atoms with Gasteiger partial charge in [-0.25, -0.2) is 0 Å². The van der Waals surface area contributed by atoms with Crippen molar-refractivity contribution in [1.29, 1.82) is 0 Å². The van der Waals surface area contributed by atoms with Crippen LogP contribution in [0.2, 0.25) is 0 Å². The highest BCUT2D eigenvalue weighted by Gasteiger charge is 2.45. The van der Waals surface area contributed by atoms with Crippen LogP contribution in [0.25, 0.3) is 0 Å². The van der Waals surface area contributed by atoms with Gasteiger partial charge in [0.1, 0.15) is 5.75 Å². The van der Waals surface area contributed by atoms with Crippen LogP contribution >= 0.6 is 0 Å². The van der Waals surface area contributed by atoms with Crippen LogP contribution in [0.5, 0.6) is 5.75 Å². The zero-order chi connectivity index (χ0) is 18.7. The van der Waals surface area contributed by atoms with Gasteiger partial charge in [-0.3, -0.25) is 4.79 Å². The van der Waals surface area contributed by atoms with E-state index in [4.69, 9.17) is 4.74 Å². The summed E-state index contributed by atoms with van der Waals surface area (Å²) in [6, 6.07) is 6.30. The zero-order valence-corrected chi connectivity index (χ0v) is 15.0. The van der Waals surface area contributed by atoms with Crippen LogP contribution in [-0.2, 0) is 4.79 Å². The fraction of sp³-hybridized carbons (Fsp3) is 0.632. The summed E-state index contributed by atoms with van der Waals surface area (Å²) in [6.45, 7) is 5.79. The van der Waals surface area contributed by atoms with Gasteiger partial charge >= 0.3 is 6.18 Å². The van der Waals surface area contributed by atoms with Gasteiger partial charge in [-0.2, -0.15) is 13.2 Å². The topological polar surface area (TPSA) is 29.5 Å². The first-order chi connectivity index (χ1) is 11.7. The van der Waals surface area contributed by atoms with Gasteiger partial charge in [0.25, 0.3) is 0 Å². The molecule has 0 aromatic heterocycles. The quantitative estimate of drug-likeness (QED) is 0.659. The van der Waals surface area contributed by atoms with Crippen LogP contribution in [0.1, 0.15) is 52.9 Å². The lowest BCUT2D eigenvalue weighted by molar-refractivity contribution is -0.189. The van der Waals surface area contributed by atoms with E-state index in [-0.39, 0.29) is 17.1 Å². The fourth-order valence-corrected chi connectivity index (χ4v) is 3.59. The average molecular weight is 357 g/mol. The van der Waals surface area contributed by atoms with Crippen LogP contribution in [-0.4, -0.2) is 24.7 Å². The number of halogens is 3. The molecule has 2 rings (SSSR count). The van der Waals surface area contributed by atoms with E-state index < -0.39 is 12.3 Å². The van der Waals surface area contributed by atoms with Crippen LogP contribution < -0.4 is 9.64 Å². The molecule has 1 atom stereocenters. The molecule has 0 bridgehead atoms. The van der Waals surface area contributed by atoms with Crippen LogP contribution in [0.4, 0.5) is 18.9 Å². The molecule has 1 unspecified atom stereocenters. The molecule has 6 heteroatoms. The third-order valence-electron chi connectivity index (χ3n) is 4.89. The van der Waals surface area contributed by atoms with Crippen molar-refractivity contribution in [2.75, 3.05) is 11.4 Å². The predicted molar refractivity (Wildman–Crippen MR) is 91.8 cm³/mol. The lowest BCUT2D eigenvalue weighted by Gasteiger charge is -2.27. The maximum absolute atomic E-state index is 12.9. The van der Waals surface area contributed by atoms with Crippen LogP contribution in [0.3, 0.4) is 0 Å². The molecule has 0 aliphatic carbocycles. The fourth-order valence-electron chi connectivity index (χ4n) is 3.59. The number of amides is 1. The summed E-state index contributed by atoms with van der Waals surface area (Å²) in [6.07, 6.45) is -1.77. The van der Waals surface area contributed by atoms with Gasteiger partial charge in [-0.15, -0.1) is 0 Å². The summed E-state index contributed by atoms with van der Waals surface area (Å²) in [5.41, 5.74) is 0.426. The Morgan fingerprint density at radius 3 is 2.20 bits per heavy atom. The highest BCUT2D eigenvalue weighted by atomic mass is 19.4. The lowest BCUT2D eigenvalue weighted by Crippen LogP contribution is -2.34. The first kappa shape index (κ1) is 19.6. The van der Waals surface area contributed by atoms with Gasteiger partial charge in [-0.05, 0) is 50.5 Å². The minimum atomic E-state index is -4.40. The zero-order valence-electron chi connectivity index (χ0n) is 15.0. The summed E-state index contributed by atoms with van der Waals surface area (Å²) >= 11 is 0. The number of benzene rings is 1. The highest BCUT2D eigenvalue weighted by molar-refractivity contribution is 5.99. The number of alkyl halides is 3. The van der Waals surface area contributed by atoms with E-state index >= 15 is 0 Å². The van der Waals surface area contributed by atoms with E-state index in [9.17, 15) is 18.0 Å². The minimum absolute atomic E-state index is 0.133. The Bertz CT molecular complexity index is 577. The van der Waals surface area contributed by atoms with Crippen molar-refractivity contribution in [3.63, 3.8) is 0 Å². The Balaban J connectivity index is 2.11. The Labute approximate surface area is 147 Å². The molecule has 1 fully saturated rings. The largest absolute Gasteiger partial charge is 0.481 e. The van der Waals surface area contributed by atoms with Gasteiger partial charge in [0.15, 0.2) is 6.10 Å². The molecule has 1 aromatic rings. The standard InChI is InChI=1S/C19H26F3NO2/c1-4-10-18(11-5-2)12-13-23(17(18)24)15-6-8-16(9-7-15)25-14(3)19(20,21)22/h6-9,14H,4-5,10-13H2,1-3H3. The second-order valence-corrected chi connectivity index (χ2v) is 6.78. The summed E-state index contributed by atoms with van der Waals surface area (Å²) < 4.78 is 42.6. The Morgan fingerprint density at radius 2 is 1.72 bits per heavy atom. The number of anilines is 1. The predicted octanol–water partition coefficient (Wildman–Crippen LogP) is 5.34. The molecule has 25 heavy (non-hydrogen) atoms. The summed E-state index contributed by atoms with van der Waals surface area (Å²) in [7, 11) is 0. The van der Waals surface area contributed by atoms with E-state index in [0.29, 0.717) is 12.2 Å². The number of hydrogen-bond donors (Lipinski definition) is 0. The summed E-state index contributed by atoms with van der Waals surface area (Å²) in [5, 5.41) is 0. The number of carbonyl (C=O) groups is 1. The Kier molecular flexibility index (Phi) is 6.01. The number of rotatable bonds is 7. The maximum Gasteiger partial charge on any atom is 0.425 e. The molecule has 1 aliphatic rings. The molecule has 1 amide bonds. The van der Waals surface area contributed by atoms with E-state index in [0.717, 1.165) is 39.0 Å². The number of nitrogens with zero attached hydrogens (tertiary/aromatic N) is 1. The SMILES string of the molecule is CCCC1(CCC)CCN(c2ccc(OC(C)C(F)(F)F)cc2)C1=O. The monoisotopic (exact) mass is 357 g/mol. The lowest BCUT2D eigenvalue weighted by atomic mass is 9.78. The van der Waals surface area contributed by atoms with E-state index in [2.05, 4.69) is 13.8 Å². The van der Waals surface area contributed by atoms with Crippen molar-refractivity contribution in [3.8, 4) is 5.75 Å². The minimum Gasteiger partial charge on any atom is -0.481 e. The van der Waals surface area contributed by atoms with Crippen molar-refractivity contribution in [1.82, 2.24) is 0 Å². The summed E-state index contributed by atoms with van der Waals surface area (Å²) in [4.78, 5) is 14.7. The Hall–Kier alpha value is -1.72. The molecule has 1 saturated heterocycles. The number of carbonyl (C=O) groups excluding carboxylic acids is 1. The maximum atomic E-state index is 12.9. The summed E-state index contributed by atoms with van der Waals surface area (Å²) in [5.74, 6) is 0.280. The van der Waals surface area contributed by atoms with Gasteiger partial charge in [0.2, 0.25) is 5.91 Å². The van der Waals surface area contributed by atoms with Gasteiger partial charge in [0, 0.05) is 12.2 Å². The van der Waals surface area contributed by atoms with Crippen LogP contribution in [0.15, 0.2) is 24.3 Å². The molecule has 3 nitrogen and oxygen atoms in total. The van der Waals surface area contributed by atoms with Crippen molar-refractivity contribution < 1.29 is 22.7 Å². The average Bonchev–Trinajstić information content (AvgIpc) is 2.85. The van der Waals surface area contributed by atoms with Crippen molar-refractivity contribution >= 4 is 11.6 Å². The van der Waals surface area contributed by atoms with Crippen molar-refractivity contribution in [2.24, 2.45) is 5.41 Å². The van der Waals surface area contributed by atoms with Gasteiger partial charge < -0.3 is 9.64 Å². The third-order valence-corrected chi connectivity index (χ3v) is 4.89. The first-order valence-corrected chi connectivity index (χ1v) is 8.89. The van der Waals surface area contributed by atoms with Gasteiger partial charge in [0.05, 0.1) is 5.41 Å². The normalized spacial score (nSPS) is 18.5. The molecule has 0 radical (unpaired) electrons. The molecule has 140 valence electrons.